The Morgan fingerprint density at radius 3 is 2.69 bits per heavy atom. The molecule has 1 aliphatic carbocycles. The molecule has 0 amide bonds. The average Bonchev–Trinajstić information content (AvgIpc) is 2.78. The summed E-state index contributed by atoms with van der Waals surface area (Å²) < 4.78 is 10.0. The molecule has 0 unspecified atom stereocenters. The van der Waals surface area contributed by atoms with Gasteiger partial charge >= 0.3 is 5.97 Å². The van der Waals surface area contributed by atoms with Gasteiger partial charge in [-0.15, -0.1) is 0 Å². The first-order valence-electron chi connectivity index (χ1n) is 6.17. The molecular weight excluding hydrogens is 206 g/mol. The van der Waals surface area contributed by atoms with Crippen molar-refractivity contribution in [2.75, 3.05) is 33.4 Å². The van der Waals surface area contributed by atoms with Crippen LogP contribution in [-0.2, 0) is 14.3 Å². The van der Waals surface area contributed by atoms with Crippen LogP contribution in [0.5, 0.6) is 0 Å². The van der Waals surface area contributed by atoms with E-state index in [4.69, 9.17) is 9.47 Å². The van der Waals surface area contributed by atoms with Gasteiger partial charge in [0.25, 0.3) is 0 Å². The Morgan fingerprint density at radius 2 is 2.06 bits per heavy atom. The van der Waals surface area contributed by atoms with Gasteiger partial charge in [0.05, 0.1) is 13.2 Å². The number of likely N-dealkylation sites (N-methyl/N-ethyl adjacent to an activating group) is 1. The molecule has 16 heavy (non-hydrogen) atoms. The second-order valence-corrected chi connectivity index (χ2v) is 4.28. The van der Waals surface area contributed by atoms with Crippen LogP contribution in [0, 0.1) is 0 Å². The number of hydrogen-bond acceptors (Lipinski definition) is 4. The Morgan fingerprint density at radius 1 is 1.38 bits per heavy atom. The predicted octanol–water partition coefficient (Wildman–Crippen LogP) is 1.44. The second-order valence-electron chi connectivity index (χ2n) is 4.28. The highest BCUT2D eigenvalue weighted by Gasteiger charge is 2.18. The SMILES string of the molecule is CCOC(=O)COCCN(C)C1CCCC1. The van der Waals surface area contributed by atoms with Crippen molar-refractivity contribution >= 4 is 5.97 Å². The van der Waals surface area contributed by atoms with Gasteiger partial charge in [-0.05, 0) is 26.8 Å². The average molecular weight is 229 g/mol. The maximum Gasteiger partial charge on any atom is 0.332 e. The first kappa shape index (κ1) is 13.5. The van der Waals surface area contributed by atoms with E-state index in [-0.39, 0.29) is 12.6 Å². The number of carbonyl (C=O) groups excluding carboxylic acids is 1. The lowest BCUT2D eigenvalue weighted by Crippen LogP contribution is -2.32. The lowest BCUT2D eigenvalue weighted by Gasteiger charge is -2.23. The van der Waals surface area contributed by atoms with Gasteiger partial charge in [-0.1, -0.05) is 12.8 Å². The molecule has 0 aliphatic heterocycles. The number of hydrogen-bond donors (Lipinski definition) is 0. The molecule has 0 aromatic heterocycles. The minimum absolute atomic E-state index is 0.0757. The van der Waals surface area contributed by atoms with Crippen LogP contribution in [0.4, 0.5) is 0 Å². The maximum atomic E-state index is 11.0. The van der Waals surface area contributed by atoms with E-state index in [1.807, 2.05) is 0 Å². The molecular formula is C12H23NO3. The molecule has 4 heteroatoms. The zero-order valence-electron chi connectivity index (χ0n) is 10.4. The third-order valence-electron chi connectivity index (χ3n) is 3.06. The Hall–Kier alpha value is -0.610. The molecule has 0 atom stereocenters. The molecule has 1 rings (SSSR count). The highest BCUT2D eigenvalue weighted by Crippen LogP contribution is 2.21. The number of esters is 1. The zero-order valence-corrected chi connectivity index (χ0v) is 10.4. The summed E-state index contributed by atoms with van der Waals surface area (Å²) in [5, 5.41) is 0. The van der Waals surface area contributed by atoms with Crippen molar-refractivity contribution in [2.24, 2.45) is 0 Å². The fourth-order valence-electron chi connectivity index (χ4n) is 2.09. The molecule has 0 spiro atoms. The quantitative estimate of drug-likeness (QED) is 0.489. The summed E-state index contributed by atoms with van der Waals surface area (Å²) in [7, 11) is 2.13. The summed E-state index contributed by atoms with van der Waals surface area (Å²) in [5.41, 5.74) is 0. The van der Waals surface area contributed by atoms with Crippen molar-refractivity contribution < 1.29 is 14.3 Å². The molecule has 0 N–H and O–H groups in total. The fraction of sp³-hybridized carbons (Fsp3) is 0.917. The van der Waals surface area contributed by atoms with E-state index in [9.17, 15) is 4.79 Å². The van der Waals surface area contributed by atoms with Crippen LogP contribution in [0.1, 0.15) is 32.6 Å². The van der Waals surface area contributed by atoms with E-state index >= 15 is 0 Å². The summed E-state index contributed by atoms with van der Waals surface area (Å²) in [5.74, 6) is -0.272. The van der Waals surface area contributed by atoms with E-state index in [0.29, 0.717) is 19.3 Å². The van der Waals surface area contributed by atoms with E-state index in [0.717, 1.165) is 6.54 Å². The highest BCUT2D eigenvalue weighted by atomic mass is 16.6. The third-order valence-corrected chi connectivity index (χ3v) is 3.06. The van der Waals surface area contributed by atoms with Crippen molar-refractivity contribution in [1.29, 1.82) is 0 Å². The fourth-order valence-corrected chi connectivity index (χ4v) is 2.09. The molecule has 0 bridgehead atoms. The molecule has 1 saturated carbocycles. The van der Waals surface area contributed by atoms with Gasteiger partial charge in [-0.25, -0.2) is 4.79 Å². The van der Waals surface area contributed by atoms with Gasteiger partial charge in [-0.2, -0.15) is 0 Å². The van der Waals surface area contributed by atoms with Crippen LogP contribution in [0.25, 0.3) is 0 Å². The summed E-state index contributed by atoms with van der Waals surface area (Å²) in [4.78, 5) is 13.3. The van der Waals surface area contributed by atoms with E-state index in [2.05, 4.69) is 11.9 Å². The van der Waals surface area contributed by atoms with Gasteiger partial charge in [0, 0.05) is 12.6 Å². The Bertz CT molecular complexity index is 202. The van der Waals surface area contributed by atoms with Crippen molar-refractivity contribution in [3.8, 4) is 0 Å². The van der Waals surface area contributed by atoms with Crippen LogP contribution in [0.2, 0.25) is 0 Å². The Kier molecular flexibility index (Phi) is 6.42. The first-order valence-corrected chi connectivity index (χ1v) is 6.17. The van der Waals surface area contributed by atoms with Gasteiger partial charge in [0.2, 0.25) is 0 Å². The summed E-state index contributed by atoms with van der Waals surface area (Å²) in [6, 6.07) is 0.714. The van der Waals surface area contributed by atoms with Gasteiger partial charge in [0.15, 0.2) is 0 Å². The standard InChI is InChI=1S/C12H23NO3/c1-3-16-12(14)10-15-9-8-13(2)11-6-4-5-7-11/h11H,3-10H2,1-2H3. The summed E-state index contributed by atoms with van der Waals surface area (Å²) in [6.45, 7) is 3.79. The zero-order chi connectivity index (χ0) is 11.8. The normalized spacial score (nSPS) is 16.9. The second kappa shape index (κ2) is 7.63. The Balaban J connectivity index is 1.99. The van der Waals surface area contributed by atoms with Crippen LogP contribution in [0.3, 0.4) is 0 Å². The molecule has 0 aromatic carbocycles. The minimum atomic E-state index is -0.272. The van der Waals surface area contributed by atoms with E-state index in [1.165, 1.54) is 25.7 Å². The van der Waals surface area contributed by atoms with Crippen molar-refractivity contribution in [1.82, 2.24) is 4.90 Å². The van der Waals surface area contributed by atoms with Crippen LogP contribution < -0.4 is 0 Å². The van der Waals surface area contributed by atoms with Crippen molar-refractivity contribution in [3.63, 3.8) is 0 Å². The van der Waals surface area contributed by atoms with E-state index < -0.39 is 0 Å². The predicted molar refractivity (Wildman–Crippen MR) is 62.3 cm³/mol. The first-order chi connectivity index (χ1) is 7.74. The lowest BCUT2D eigenvalue weighted by molar-refractivity contribution is -0.148. The van der Waals surface area contributed by atoms with Gasteiger partial charge < -0.3 is 14.4 Å². The molecule has 1 aliphatic rings. The molecule has 94 valence electrons. The topological polar surface area (TPSA) is 38.8 Å². The molecule has 0 heterocycles. The van der Waals surface area contributed by atoms with Gasteiger partial charge in [0.1, 0.15) is 6.61 Å². The number of carbonyl (C=O) groups is 1. The Labute approximate surface area is 97.9 Å². The maximum absolute atomic E-state index is 11.0. The molecule has 1 fully saturated rings. The molecule has 4 nitrogen and oxygen atoms in total. The number of ether oxygens (including phenoxy) is 2. The third kappa shape index (κ3) is 4.94. The van der Waals surface area contributed by atoms with E-state index in [1.54, 1.807) is 6.92 Å². The monoisotopic (exact) mass is 229 g/mol. The van der Waals surface area contributed by atoms with Crippen molar-refractivity contribution in [3.05, 3.63) is 0 Å². The summed E-state index contributed by atoms with van der Waals surface area (Å²) in [6.07, 6.45) is 5.29. The minimum Gasteiger partial charge on any atom is -0.464 e. The van der Waals surface area contributed by atoms with Crippen LogP contribution in [0.15, 0.2) is 0 Å². The smallest absolute Gasteiger partial charge is 0.332 e. The highest BCUT2D eigenvalue weighted by molar-refractivity contribution is 5.70. The molecule has 0 saturated heterocycles. The van der Waals surface area contributed by atoms with Crippen LogP contribution >= 0.6 is 0 Å². The van der Waals surface area contributed by atoms with Gasteiger partial charge in [-0.3, -0.25) is 0 Å². The lowest BCUT2D eigenvalue weighted by atomic mass is 10.2. The van der Waals surface area contributed by atoms with Crippen molar-refractivity contribution in [2.45, 2.75) is 38.6 Å². The molecule has 0 radical (unpaired) electrons. The largest absolute Gasteiger partial charge is 0.464 e. The number of nitrogens with zero attached hydrogens (tertiary/aromatic N) is 1. The number of rotatable bonds is 7. The summed E-state index contributed by atoms with van der Waals surface area (Å²) >= 11 is 0. The van der Waals surface area contributed by atoms with Crippen LogP contribution in [-0.4, -0.2) is 50.3 Å². The molecule has 0 aromatic rings.